The van der Waals surface area contributed by atoms with Crippen LogP contribution >= 0.6 is 0 Å². The average Bonchev–Trinajstić information content (AvgIpc) is 3.35. The van der Waals surface area contributed by atoms with E-state index in [2.05, 4.69) is 0 Å². The maximum Gasteiger partial charge on any atom is 0.416 e. The van der Waals surface area contributed by atoms with Crippen LogP contribution in [0.25, 0.3) is 17.1 Å². The summed E-state index contributed by atoms with van der Waals surface area (Å²) in [6.07, 6.45) is -2.59. The van der Waals surface area contributed by atoms with E-state index in [4.69, 9.17) is 4.98 Å². The zero-order valence-electron chi connectivity index (χ0n) is 18.8. The number of hydrogen-bond acceptors (Lipinski definition) is 3. The second-order valence-corrected chi connectivity index (χ2v) is 8.35. The van der Waals surface area contributed by atoms with E-state index < -0.39 is 11.7 Å². The molecule has 178 valence electrons. The zero-order chi connectivity index (χ0) is 24.4. The Kier molecular flexibility index (Phi) is 6.03. The normalized spacial score (nSPS) is 14.3. The second kappa shape index (κ2) is 9.29. The molecule has 0 atom stereocenters. The predicted molar refractivity (Wildman–Crippen MR) is 129 cm³/mol. The molecule has 0 N–H and O–H groups in total. The topological polar surface area (TPSA) is 41.4 Å². The van der Waals surface area contributed by atoms with Gasteiger partial charge in [-0.15, -0.1) is 0 Å². The molecule has 0 bridgehead atoms. The molecule has 1 saturated heterocycles. The van der Waals surface area contributed by atoms with Crippen molar-refractivity contribution in [3.8, 4) is 17.1 Å². The van der Waals surface area contributed by atoms with Crippen molar-refractivity contribution in [2.24, 2.45) is 0 Å². The van der Waals surface area contributed by atoms with Crippen molar-refractivity contribution >= 4 is 11.6 Å². The number of imidazole rings is 1. The van der Waals surface area contributed by atoms with Gasteiger partial charge in [-0.05, 0) is 36.4 Å². The van der Waals surface area contributed by atoms with Gasteiger partial charge in [-0.1, -0.05) is 48.5 Å². The number of rotatable bonds is 4. The largest absolute Gasteiger partial charge is 0.416 e. The molecule has 1 aliphatic rings. The Morgan fingerprint density at radius 1 is 0.743 bits per heavy atom. The third-order valence-corrected chi connectivity index (χ3v) is 6.12. The number of hydrogen-bond donors (Lipinski definition) is 0. The molecule has 0 spiro atoms. The maximum atomic E-state index is 13.3. The number of nitrogens with zero attached hydrogens (tertiary/aromatic N) is 4. The van der Waals surface area contributed by atoms with Crippen LogP contribution < -0.4 is 4.90 Å². The van der Waals surface area contributed by atoms with Gasteiger partial charge >= 0.3 is 6.18 Å². The predicted octanol–water partition coefficient (Wildman–Crippen LogP) is 5.52. The van der Waals surface area contributed by atoms with E-state index in [0.29, 0.717) is 43.4 Å². The fraction of sp³-hybridized carbons (Fsp3) is 0.185. The number of benzene rings is 3. The van der Waals surface area contributed by atoms with E-state index in [1.807, 2.05) is 70.1 Å². The molecule has 1 aliphatic heterocycles. The van der Waals surface area contributed by atoms with E-state index in [1.165, 1.54) is 12.1 Å². The van der Waals surface area contributed by atoms with Crippen LogP contribution in [0.4, 0.5) is 18.9 Å². The average molecular weight is 477 g/mol. The lowest BCUT2D eigenvalue weighted by Gasteiger charge is -2.36. The molecule has 3 aromatic carbocycles. The lowest BCUT2D eigenvalue weighted by molar-refractivity contribution is -0.137. The molecule has 2 heterocycles. The second-order valence-electron chi connectivity index (χ2n) is 8.35. The van der Waals surface area contributed by atoms with Crippen molar-refractivity contribution < 1.29 is 18.0 Å². The van der Waals surface area contributed by atoms with Crippen molar-refractivity contribution in [2.45, 2.75) is 6.18 Å². The summed E-state index contributed by atoms with van der Waals surface area (Å²) < 4.78 is 40.5. The number of anilines is 1. The highest BCUT2D eigenvalue weighted by Crippen LogP contribution is 2.31. The molecule has 0 radical (unpaired) electrons. The van der Waals surface area contributed by atoms with E-state index in [9.17, 15) is 18.0 Å². The quantitative estimate of drug-likeness (QED) is 0.390. The minimum Gasteiger partial charge on any atom is -0.368 e. The lowest BCUT2D eigenvalue weighted by atomic mass is 10.1. The van der Waals surface area contributed by atoms with Crippen LogP contribution in [0.3, 0.4) is 0 Å². The summed E-state index contributed by atoms with van der Waals surface area (Å²) in [6, 6.07) is 24.6. The molecule has 0 aliphatic carbocycles. The molecule has 0 unspecified atom stereocenters. The number of para-hydroxylation sites is 1. The van der Waals surface area contributed by atoms with Crippen LogP contribution in [-0.2, 0) is 6.18 Å². The molecule has 1 aromatic heterocycles. The highest BCUT2D eigenvalue weighted by Gasteiger charge is 2.31. The van der Waals surface area contributed by atoms with Crippen molar-refractivity contribution in [1.29, 1.82) is 0 Å². The van der Waals surface area contributed by atoms with Crippen LogP contribution in [0, 0.1) is 0 Å². The first-order chi connectivity index (χ1) is 16.9. The van der Waals surface area contributed by atoms with Gasteiger partial charge in [0.25, 0.3) is 5.91 Å². The fourth-order valence-electron chi connectivity index (χ4n) is 4.25. The highest BCUT2D eigenvalue weighted by molar-refractivity contribution is 5.93. The molecular weight excluding hydrogens is 453 g/mol. The van der Waals surface area contributed by atoms with Gasteiger partial charge in [0.05, 0.1) is 5.56 Å². The molecule has 5 nitrogen and oxygen atoms in total. The van der Waals surface area contributed by atoms with E-state index >= 15 is 0 Å². The van der Waals surface area contributed by atoms with Crippen LogP contribution in [0.5, 0.6) is 0 Å². The van der Waals surface area contributed by atoms with Crippen molar-refractivity contribution in [2.75, 3.05) is 31.1 Å². The minimum atomic E-state index is -4.36. The summed E-state index contributed by atoms with van der Waals surface area (Å²) in [5, 5.41) is 0. The first-order valence-electron chi connectivity index (χ1n) is 11.3. The number of halogens is 3. The molecule has 8 heteroatoms. The van der Waals surface area contributed by atoms with Gasteiger partial charge in [0, 0.05) is 49.3 Å². The number of carbonyl (C=O) groups is 1. The van der Waals surface area contributed by atoms with E-state index in [-0.39, 0.29) is 5.91 Å². The molecule has 4 aromatic rings. The Morgan fingerprint density at radius 3 is 1.94 bits per heavy atom. The first-order valence-corrected chi connectivity index (χ1v) is 11.3. The molecule has 0 saturated carbocycles. The summed E-state index contributed by atoms with van der Waals surface area (Å²) in [6.45, 7) is 1.97. The molecule has 1 amide bonds. The summed E-state index contributed by atoms with van der Waals surface area (Å²) in [7, 11) is 0. The summed E-state index contributed by atoms with van der Waals surface area (Å²) in [4.78, 5) is 21.8. The van der Waals surface area contributed by atoms with Gasteiger partial charge < -0.3 is 9.80 Å². The number of piperazine rings is 1. The minimum absolute atomic E-state index is 0.163. The van der Waals surface area contributed by atoms with Gasteiger partial charge in [-0.25, -0.2) is 4.98 Å². The van der Waals surface area contributed by atoms with Gasteiger partial charge in [0.1, 0.15) is 11.5 Å². The van der Waals surface area contributed by atoms with Gasteiger partial charge in [0.15, 0.2) is 0 Å². The Hall–Kier alpha value is -4.07. The fourth-order valence-corrected chi connectivity index (χ4v) is 4.25. The Labute approximate surface area is 201 Å². The number of aromatic nitrogens is 2. The number of alkyl halides is 3. The van der Waals surface area contributed by atoms with E-state index in [0.717, 1.165) is 23.4 Å². The summed E-state index contributed by atoms with van der Waals surface area (Å²) in [5.41, 5.74) is 2.21. The molecule has 1 fully saturated rings. The van der Waals surface area contributed by atoms with Gasteiger partial charge in [0.2, 0.25) is 0 Å². The highest BCUT2D eigenvalue weighted by atomic mass is 19.4. The SMILES string of the molecule is O=C(c1cn(-c2ccccc2)c(-c2ccccc2)n1)N1CCN(c2ccc(C(F)(F)F)cc2)CC1. The third kappa shape index (κ3) is 4.77. The monoisotopic (exact) mass is 476 g/mol. The first kappa shape index (κ1) is 22.7. The summed E-state index contributed by atoms with van der Waals surface area (Å²) >= 11 is 0. The smallest absolute Gasteiger partial charge is 0.368 e. The number of carbonyl (C=O) groups excluding carboxylic acids is 1. The Balaban J connectivity index is 1.34. The zero-order valence-corrected chi connectivity index (χ0v) is 18.8. The molecular formula is C27H23F3N4O. The standard InChI is InChI=1S/C27H23F3N4O/c28-27(29,30)21-11-13-22(14-12-21)32-15-17-33(18-16-32)26(35)24-19-34(23-9-5-2-6-10-23)25(31-24)20-7-3-1-4-8-20/h1-14,19H,15-18H2. The van der Waals surface area contributed by atoms with Crippen LogP contribution in [0.2, 0.25) is 0 Å². The lowest BCUT2D eigenvalue weighted by Crippen LogP contribution is -2.48. The third-order valence-electron chi connectivity index (χ3n) is 6.12. The van der Waals surface area contributed by atoms with Crippen molar-refractivity contribution in [3.05, 3.63) is 102 Å². The summed E-state index contributed by atoms with van der Waals surface area (Å²) in [5.74, 6) is 0.521. The van der Waals surface area contributed by atoms with Crippen molar-refractivity contribution in [1.82, 2.24) is 14.5 Å². The van der Waals surface area contributed by atoms with Crippen LogP contribution in [0.15, 0.2) is 91.1 Å². The van der Waals surface area contributed by atoms with Crippen LogP contribution in [0.1, 0.15) is 16.1 Å². The van der Waals surface area contributed by atoms with Gasteiger partial charge in [-0.3, -0.25) is 9.36 Å². The molecule has 5 rings (SSSR count). The maximum absolute atomic E-state index is 13.3. The van der Waals surface area contributed by atoms with E-state index in [1.54, 1.807) is 11.1 Å². The van der Waals surface area contributed by atoms with Crippen LogP contribution in [-0.4, -0.2) is 46.5 Å². The molecule has 35 heavy (non-hydrogen) atoms. The van der Waals surface area contributed by atoms with Crippen molar-refractivity contribution in [3.63, 3.8) is 0 Å². The number of amides is 1. The van der Waals surface area contributed by atoms with Gasteiger partial charge in [-0.2, -0.15) is 13.2 Å². The Morgan fingerprint density at radius 2 is 1.34 bits per heavy atom. The Bertz CT molecular complexity index is 1240.